The minimum Gasteiger partial charge on any atom is -0.465 e. The lowest BCUT2D eigenvalue weighted by atomic mass is 9.87. The molecule has 0 aromatic carbocycles. The zero-order valence-corrected chi connectivity index (χ0v) is 9.51. The van der Waals surface area contributed by atoms with Gasteiger partial charge < -0.3 is 9.84 Å². The highest BCUT2D eigenvalue weighted by Gasteiger charge is 2.28. The number of hydrogen-bond donors (Lipinski definition) is 1. The molecule has 0 aromatic heterocycles. The van der Waals surface area contributed by atoms with E-state index in [0.717, 1.165) is 19.3 Å². The van der Waals surface area contributed by atoms with E-state index in [2.05, 4.69) is 6.92 Å². The summed E-state index contributed by atoms with van der Waals surface area (Å²) in [4.78, 5) is 11.5. The van der Waals surface area contributed by atoms with E-state index in [0.29, 0.717) is 13.0 Å². The normalized spacial score (nSPS) is 11.4. The Morgan fingerprint density at radius 3 is 2.50 bits per heavy atom. The maximum atomic E-state index is 11.5. The lowest BCUT2D eigenvalue weighted by molar-refractivity contribution is -0.154. The van der Waals surface area contributed by atoms with Crippen molar-refractivity contribution < 1.29 is 14.6 Å². The van der Waals surface area contributed by atoms with E-state index in [1.54, 1.807) is 0 Å². The first kappa shape index (κ1) is 13.4. The highest BCUT2D eigenvalue weighted by molar-refractivity contribution is 5.75. The molecule has 0 radical (unpaired) electrons. The van der Waals surface area contributed by atoms with Gasteiger partial charge in [0, 0.05) is 13.0 Å². The molecule has 14 heavy (non-hydrogen) atoms. The van der Waals surface area contributed by atoms with Gasteiger partial charge in [-0.25, -0.2) is 0 Å². The van der Waals surface area contributed by atoms with Crippen LogP contribution in [-0.2, 0) is 9.53 Å². The van der Waals surface area contributed by atoms with Crippen LogP contribution in [0, 0.1) is 5.41 Å². The largest absolute Gasteiger partial charge is 0.465 e. The van der Waals surface area contributed by atoms with E-state index in [1.165, 1.54) is 0 Å². The summed E-state index contributed by atoms with van der Waals surface area (Å²) in [7, 11) is 0. The summed E-state index contributed by atoms with van der Waals surface area (Å²) >= 11 is 0. The Morgan fingerprint density at radius 2 is 2.00 bits per heavy atom. The average Bonchev–Trinajstić information content (AvgIpc) is 2.15. The van der Waals surface area contributed by atoms with E-state index in [9.17, 15) is 4.79 Å². The average molecular weight is 202 g/mol. The van der Waals surface area contributed by atoms with Gasteiger partial charge in [0.1, 0.15) is 0 Å². The van der Waals surface area contributed by atoms with E-state index >= 15 is 0 Å². The van der Waals surface area contributed by atoms with Gasteiger partial charge in [0.25, 0.3) is 0 Å². The molecule has 0 fully saturated rings. The third-order valence-electron chi connectivity index (χ3n) is 2.24. The number of unbranched alkanes of at least 4 members (excludes halogenated alkanes) is 1. The molecule has 0 saturated heterocycles. The van der Waals surface area contributed by atoms with E-state index in [1.807, 2.05) is 13.8 Å². The Hall–Kier alpha value is -0.570. The van der Waals surface area contributed by atoms with Crippen molar-refractivity contribution in [2.45, 2.75) is 46.5 Å². The number of hydrogen-bond acceptors (Lipinski definition) is 3. The molecule has 0 atom stereocenters. The van der Waals surface area contributed by atoms with Crippen molar-refractivity contribution in [3.8, 4) is 0 Å². The molecule has 0 saturated carbocycles. The quantitative estimate of drug-likeness (QED) is 0.508. The van der Waals surface area contributed by atoms with E-state index < -0.39 is 0 Å². The van der Waals surface area contributed by atoms with Crippen molar-refractivity contribution in [2.24, 2.45) is 5.41 Å². The maximum absolute atomic E-state index is 11.5. The number of aliphatic hydroxyl groups is 1. The van der Waals surface area contributed by atoms with Gasteiger partial charge in [-0.05, 0) is 20.3 Å². The predicted octanol–water partition coefficient (Wildman–Crippen LogP) is 2.13. The summed E-state index contributed by atoms with van der Waals surface area (Å²) in [5.74, 6) is -0.153. The minimum atomic E-state index is -0.383. The summed E-state index contributed by atoms with van der Waals surface area (Å²) in [6, 6.07) is 0. The number of esters is 1. The van der Waals surface area contributed by atoms with Gasteiger partial charge in [-0.3, -0.25) is 4.79 Å². The van der Waals surface area contributed by atoms with Crippen LogP contribution in [0.15, 0.2) is 0 Å². The highest BCUT2D eigenvalue weighted by atomic mass is 16.5. The second-order valence-electron chi connectivity index (χ2n) is 4.20. The van der Waals surface area contributed by atoms with Crippen LogP contribution in [0.1, 0.15) is 46.5 Å². The molecular formula is C11H22O3. The zero-order valence-electron chi connectivity index (χ0n) is 9.51. The maximum Gasteiger partial charge on any atom is 0.311 e. The first-order chi connectivity index (χ1) is 6.54. The zero-order chi connectivity index (χ0) is 11.0. The summed E-state index contributed by atoms with van der Waals surface area (Å²) < 4.78 is 5.05. The SMILES string of the molecule is CCCCC(C)(C)C(=O)OCCCO. The van der Waals surface area contributed by atoms with E-state index in [4.69, 9.17) is 9.84 Å². The molecule has 0 rings (SSSR count). The Balaban J connectivity index is 3.82. The fourth-order valence-electron chi connectivity index (χ4n) is 1.15. The van der Waals surface area contributed by atoms with Crippen LogP contribution in [-0.4, -0.2) is 24.3 Å². The molecule has 3 nitrogen and oxygen atoms in total. The summed E-state index contributed by atoms with van der Waals surface area (Å²) in [5.41, 5.74) is -0.383. The van der Waals surface area contributed by atoms with Gasteiger partial charge in [-0.2, -0.15) is 0 Å². The first-order valence-corrected chi connectivity index (χ1v) is 5.32. The first-order valence-electron chi connectivity index (χ1n) is 5.32. The fraction of sp³-hybridized carbons (Fsp3) is 0.909. The van der Waals surface area contributed by atoms with Gasteiger partial charge in [0.2, 0.25) is 0 Å². The molecule has 1 N–H and O–H groups in total. The Bertz CT molecular complexity index is 164. The van der Waals surface area contributed by atoms with Gasteiger partial charge in [-0.15, -0.1) is 0 Å². The number of aliphatic hydroxyl groups excluding tert-OH is 1. The molecule has 84 valence electrons. The molecule has 0 amide bonds. The second kappa shape index (κ2) is 6.82. The monoisotopic (exact) mass is 202 g/mol. The second-order valence-corrected chi connectivity index (χ2v) is 4.20. The van der Waals surface area contributed by atoms with Crippen LogP contribution < -0.4 is 0 Å². The predicted molar refractivity (Wildman–Crippen MR) is 56.0 cm³/mol. The van der Waals surface area contributed by atoms with Gasteiger partial charge in [-0.1, -0.05) is 19.8 Å². The molecule has 0 spiro atoms. The van der Waals surface area contributed by atoms with Crippen molar-refractivity contribution >= 4 is 5.97 Å². The molecule has 0 aliphatic carbocycles. The van der Waals surface area contributed by atoms with Crippen LogP contribution in [0.3, 0.4) is 0 Å². The molecule has 0 heterocycles. The van der Waals surface area contributed by atoms with E-state index in [-0.39, 0.29) is 18.0 Å². The van der Waals surface area contributed by atoms with Crippen LogP contribution in [0.2, 0.25) is 0 Å². The Labute approximate surface area is 86.5 Å². The highest BCUT2D eigenvalue weighted by Crippen LogP contribution is 2.24. The molecule has 0 aliphatic heterocycles. The lowest BCUT2D eigenvalue weighted by Gasteiger charge is -2.22. The fourth-order valence-corrected chi connectivity index (χ4v) is 1.15. The van der Waals surface area contributed by atoms with Gasteiger partial charge in [0.15, 0.2) is 0 Å². The lowest BCUT2D eigenvalue weighted by Crippen LogP contribution is -2.27. The summed E-state index contributed by atoms with van der Waals surface area (Å²) in [6.45, 7) is 6.31. The molecular weight excluding hydrogens is 180 g/mol. The Kier molecular flexibility index (Phi) is 6.54. The van der Waals surface area contributed by atoms with Gasteiger partial charge >= 0.3 is 5.97 Å². The molecule has 0 unspecified atom stereocenters. The third-order valence-corrected chi connectivity index (χ3v) is 2.24. The minimum absolute atomic E-state index is 0.0721. The molecule has 0 aliphatic rings. The molecule has 0 bridgehead atoms. The number of carbonyl (C=O) groups excluding carboxylic acids is 1. The number of rotatable bonds is 7. The number of ether oxygens (including phenoxy) is 1. The van der Waals surface area contributed by atoms with Crippen LogP contribution in [0.5, 0.6) is 0 Å². The van der Waals surface area contributed by atoms with Gasteiger partial charge in [0.05, 0.1) is 12.0 Å². The topological polar surface area (TPSA) is 46.5 Å². The molecule has 3 heteroatoms. The Morgan fingerprint density at radius 1 is 1.36 bits per heavy atom. The van der Waals surface area contributed by atoms with Crippen molar-refractivity contribution in [2.75, 3.05) is 13.2 Å². The van der Waals surface area contributed by atoms with Crippen molar-refractivity contribution in [3.63, 3.8) is 0 Å². The van der Waals surface area contributed by atoms with Crippen molar-refractivity contribution in [1.82, 2.24) is 0 Å². The van der Waals surface area contributed by atoms with Crippen molar-refractivity contribution in [3.05, 3.63) is 0 Å². The summed E-state index contributed by atoms with van der Waals surface area (Å²) in [6.07, 6.45) is 3.52. The smallest absolute Gasteiger partial charge is 0.311 e. The molecule has 0 aromatic rings. The summed E-state index contributed by atoms with van der Waals surface area (Å²) in [5, 5.41) is 8.53. The van der Waals surface area contributed by atoms with Crippen molar-refractivity contribution in [1.29, 1.82) is 0 Å². The number of carbonyl (C=O) groups is 1. The van der Waals surface area contributed by atoms with Crippen LogP contribution in [0.4, 0.5) is 0 Å². The van der Waals surface area contributed by atoms with Crippen LogP contribution >= 0.6 is 0 Å². The standard InChI is InChI=1S/C11H22O3/c1-4-5-7-11(2,3)10(13)14-9-6-8-12/h12H,4-9H2,1-3H3. The van der Waals surface area contributed by atoms with Crippen LogP contribution in [0.25, 0.3) is 0 Å². The third kappa shape index (κ3) is 5.22.